The first-order valence-corrected chi connectivity index (χ1v) is 9.06. The lowest BCUT2D eigenvalue weighted by Crippen LogP contribution is -2.45. The molecular formula is C16H22BrNO4S. The van der Waals surface area contributed by atoms with E-state index in [1.807, 2.05) is 24.3 Å². The van der Waals surface area contributed by atoms with E-state index < -0.39 is 23.7 Å². The third-order valence-electron chi connectivity index (χ3n) is 2.68. The monoisotopic (exact) mass is 403 g/mol. The summed E-state index contributed by atoms with van der Waals surface area (Å²) >= 11 is 5.02. The van der Waals surface area contributed by atoms with Crippen molar-refractivity contribution in [2.24, 2.45) is 0 Å². The fraction of sp³-hybridized carbons (Fsp3) is 0.500. The summed E-state index contributed by atoms with van der Waals surface area (Å²) in [6.07, 6.45) is -0.630. The van der Waals surface area contributed by atoms with Crippen molar-refractivity contribution in [3.8, 4) is 0 Å². The van der Waals surface area contributed by atoms with Crippen molar-refractivity contribution in [3.05, 3.63) is 34.3 Å². The quantitative estimate of drug-likeness (QED) is 0.732. The van der Waals surface area contributed by atoms with Gasteiger partial charge >= 0.3 is 12.1 Å². The summed E-state index contributed by atoms with van der Waals surface area (Å²) < 4.78 is 10.9. The Morgan fingerprint density at radius 1 is 1.30 bits per heavy atom. The molecule has 0 aliphatic carbocycles. The van der Waals surface area contributed by atoms with Gasteiger partial charge < -0.3 is 14.8 Å². The molecule has 5 nitrogen and oxygen atoms in total. The van der Waals surface area contributed by atoms with Crippen molar-refractivity contribution in [2.45, 2.75) is 38.2 Å². The van der Waals surface area contributed by atoms with Gasteiger partial charge in [0, 0.05) is 16.0 Å². The average molecular weight is 404 g/mol. The van der Waals surface area contributed by atoms with Gasteiger partial charge in [-0.2, -0.15) is 11.8 Å². The minimum atomic E-state index is -0.748. The second kappa shape index (κ2) is 9.17. The number of nitrogens with one attached hydrogen (secondary N) is 1. The highest BCUT2D eigenvalue weighted by Crippen LogP contribution is 2.22. The number of rotatable bonds is 6. The molecule has 0 bridgehead atoms. The van der Waals surface area contributed by atoms with Crippen LogP contribution in [0.5, 0.6) is 0 Å². The fourth-order valence-corrected chi connectivity index (χ4v) is 3.32. The summed E-state index contributed by atoms with van der Waals surface area (Å²) in [5, 5.41) is 2.56. The minimum absolute atomic E-state index is 0.396. The molecule has 0 aliphatic rings. The van der Waals surface area contributed by atoms with Gasteiger partial charge in [-0.25, -0.2) is 9.59 Å². The number of esters is 1. The van der Waals surface area contributed by atoms with Gasteiger partial charge in [0.15, 0.2) is 0 Å². The second-order valence-electron chi connectivity index (χ2n) is 5.83. The van der Waals surface area contributed by atoms with Crippen LogP contribution >= 0.6 is 27.7 Å². The molecule has 0 unspecified atom stereocenters. The van der Waals surface area contributed by atoms with E-state index in [0.717, 1.165) is 10.0 Å². The summed E-state index contributed by atoms with van der Waals surface area (Å²) in [4.78, 5) is 23.6. The molecular weight excluding hydrogens is 382 g/mol. The first kappa shape index (κ1) is 19.8. The van der Waals surface area contributed by atoms with Crippen molar-refractivity contribution in [1.29, 1.82) is 0 Å². The normalized spacial score (nSPS) is 12.4. The zero-order valence-electron chi connectivity index (χ0n) is 13.7. The molecule has 0 heterocycles. The number of hydrogen-bond acceptors (Lipinski definition) is 5. The Labute approximate surface area is 149 Å². The molecule has 1 amide bonds. The largest absolute Gasteiger partial charge is 0.467 e. The van der Waals surface area contributed by atoms with Crippen LogP contribution < -0.4 is 5.32 Å². The Hall–Kier alpha value is -1.21. The summed E-state index contributed by atoms with van der Waals surface area (Å²) in [5.41, 5.74) is 0.505. The topological polar surface area (TPSA) is 64.6 Å². The number of benzene rings is 1. The van der Waals surface area contributed by atoms with Crippen LogP contribution in [0.15, 0.2) is 28.7 Å². The number of carbonyl (C=O) groups excluding carboxylic acids is 2. The summed E-state index contributed by atoms with van der Waals surface area (Å²) in [5.74, 6) is 0.619. The number of thioether (sulfide) groups is 1. The lowest BCUT2D eigenvalue weighted by atomic mass is 10.2. The number of alkyl carbamates (subject to hydrolysis) is 1. The van der Waals surface area contributed by atoms with E-state index >= 15 is 0 Å². The second-order valence-corrected chi connectivity index (χ2v) is 7.71. The summed E-state index contributed by atoms with van der Waals surface area (Å²) in [6, 6.07) is 7.12. The number of carbonyl (C=O) groups is 2. The van der Waals surface area contributed by atoms with E-state index in [9.17, 15) is 9.59 Å². The highest BCUT2D eigenvalue weighted by atomic mass is 79.9. The van der Waals surface area contributed by atoms with Crippen LogP contribution in [0.2, 0.25) is 0 Å². The molecule has 1 aromatic rings. The first-order valence-electron chi connectivity index (χ1n) is 7.11. The zero-order valence-corrected chi connectivity index (χ0v) is 16.1. The van der Waals surface area contributed by atoms with Crippen molar-refractivity contribution in [1.82, 2.24) is 5.32 Å². The number of methoxy groups -OCH3 is 1. The van der Waals surface area contributed by atoms with E-state index in [1.165, 1.54) is 18.9 Å². The van der Waals surface area contributed by atoms with Gasteiger partial charge in [-0.3, -0.25) is 0 Å². The van der Waals surface area contributed by atoms with Gasteiger partial charge in [0.2, 0.25) is 0 Å². The number of ether oxygens (including phenoxy) is 2. The van der Waals surface area contributed by atoms with Crippen LogP contribution in [0.25, 0.3) is 0 Å². The van der Waals surface area contributed by atoms with E-state index in [4.69, 9.17) is 9.47 Å². The molecule has 0 aliphatic heterocycles. The molecule has 0 spiro atoms. The molecule has 23 heavy (non-hydrogen) atoms. The van der Waals surface area contributed by atoms with Crippen LogP contribution in [-0.2, 0) is 20.0 Å². The van der Waals surface area contributed by atoms with E-state index in [-0.39, 0.29) is 0 Å². The molecule has 0 fully saturated rings. The zero-order chi connectivity index (χ0) is 17.5. The van der Waals surface area contributed by atoms with Gasteiger partial charge in [-0.05, 0) is 32.4 Å². The predicted octanol–water partition coefficient (Wildman–Crippen LogP) is 3.75. The smallest absolute Gasteiger partial charge is 0.408 e. The lowest BCUT2D eigenvalue weighted by molar-refractivity contribution is -0.142. The number of hydrogen-bond donors (Lipinski definition) is 1. The molecule has 1 aromatic carbocycles. The van der Waals surface area contributed by atoms with Gasteiger partial charge in [-0.15, -0.1) is 0 Å². The van der Waals surface area contributed by atoms with Crippen molar-refractivity contribution < 1.29 is 19.1 Å². The lowest BCUT2D eigenvalue weighted by Gasteiger charge is -2.22. The van der Waals surface area contributed by atoms with Gasteiger partial charge in [0.25, 0.3) is 0 Å². The van der Waals surface area contributed by atoms with E-state index in [1.54, 1.807) is 20.8 Å². The van der Waals surface area contributed by atoms with E-state index in [0.29, 0.717) is 11.5 Å². The van der Waals surface area contributed by atoms with Crippen LogP contribution in [0.1, 0.15) is 26.3 Å². The molecule has 0 saturated heterocycles. The predicted molar refractivity (Wildman–Crippen MR) is 95.5 cm³/mol. The van der Waals surface area contributed by atoms with Crippen molar-refractivity contribution in [2.75, 3.05) is 12.9 Å². The Kier molecular flexibility index (Phi) is 7.91. The summed E-state index contributed by atoms with van der Waals surface area (Å²) in [7, 11) is 1.30. The molecule has 1 rings (SSSR count). The minimum Gasteiger partial charge on any atom is -0.467 e. The van der Waals surface area contributed by atoms with Crippen LogP contribution in [0, 0.1) is 0 Å². The molecule has 0 radical (unpaired) electrons. The van der Waals surface area contributed by atoms with Gasteiger partial charge in [0.1, 0.15) is 11.6 Å². The molecule has 128 valence electrons. The maximum atomic E-state index is 11.8. The van der Waals surface area contributed by atoms with Gasteiger partial charge in [0.05, 0.1) is 7.11 Å². The standard InChI is InChI=1S/C16H22BrNO4S/c1-16(2,3)22-15(20)18-13(14(19)21-4)10-23-9-11-7-5-6-8-12(11)17/h5-8,13H,9-10H2,1-4H3,(H,18,20)/t13-/m0/s1. The van der Waals surface area contributed by atoms with Crippen LogP contribution in [0.4, 0.5) is 4.79 Å². The molecule has 1 N–H and O–H groups in total. The highest BCUT2D eigenvalue weighted by Gasteiger charge is 2.25. The maximum absolute atomic E-state index is 11.8. The van der Waals surface area contributed by atoms with Crippen molar-refractivity contribution in [3.63, 3.8) is 0 Å². The SMILES string of the molecule is COC(=O)[C@H](CSCc1ccccc1Br)NC(=O)OC(C)(C)C. The third kappa shape index (κ3) is 7.74. The molecule has 7 heteroatoms. The third-order valence-corrected chi connectivity index (χ3v) is 4.53. The fourth-order valence-electron chi connectivity index (χ4n) is 1.66. The van der Waals surface area contributed by atoms with Crippen LogP contribution in [0.3, 0.4) is 0 Å². The summed E-state index contributed by atoms with van der Waals surface area (Å²) in [6.45, 7) is 5.30. The Morgan fingerprint density at radius 3 is 2.52 bits per heavy atom. The maximum Gasteiger partial charge on any atom is 0.408 e. The number of halogens is 1. The Balaban J connectivity index is 2.57. The molecule has 1 atom stereocenters. The van der Waals surface area contributed by atoms with Crippen LogP contribution in [-0.4, -0.2) is 36.6 Å². The molecule has 0 aromatic heterocycles. The first-order chi connectivity index (χ1) is 10.7. The highest BCUT2D eigenvalue weighted by molar-refractivity contribution is 9.10. The number of amides is 1. The van der Waals surface area contributed by atoms with Gasteiger partial charge in [-0.1, -0.05) is 34.1 Å². The Bertz CT molecular complexity index is 545. The van der Waals surface area contributed by atoms with Crippen molar-refractivity contribution >= 4 is 39.8 Å². The Morgan fingerprint density at radius 2 is 1.96 bits per heavy atom. The average Bonchev–Trinajstić information content (AvgIpc) is 2.45. The van der Waals surface area contributed by atoms with E-state index in [2.05, 4.69) is 21.2 Å². The molecule has 0 saturated carbocycles.